The highest BCUT2D eigenvalue weighted by atomic mass is 79.9. The van der Waals surface area contributed by atoms with Gasteiger partial charge >= 0.3 is 0 Å². The average Bonchev–Trinajstić information content (AvgIpc) is 3.11. The van der Waals surface area contributed by atoms with Crippen molar-refractivity contribution in [3.8, 4) is 0 Å². The zero-order valence-corrected chi connectivity index (χ0v) is 12.0. The molecule has 0 heterocycles. The second-order valence-electron chi connectivity index (χ2n) is 5.00. The van der Waals surface area contributed by atoms with Crippen LogP contribution in [-0.2, 0) is 6.54 Å². The number of nitro benzene ring substituents is 1. The average molecular weight is 313 g/mol. The van der Waals surface area contributed by atoms with E-state index in [0.717, 1.165) is 12.1 Å². The number of hydrogen-bond donors (Lipinski definition) is 1. The van der Waals surface area contributed by atoms with Crippen LogP contribution in [0.2, 0.25) is 0 Å². The third-order valence-corrected chi connectivity index (χ3v) is 4.41. The number of benzene rings is 1. The van der Waals surface area contributed by atoms with E-state index >= 15 is 0 Å². The van der Waals surface area contributed by atoms with Crippen LogP contribution in [0.25, 0.3) is 0 Å². The van der Waals surface area contributed by atoms with Gasteiger partial charge in [-0.15, -0.1) is 0 Å². The zero-order chi connectivity index (χ0) is 13.2. The molecule has 0 amide bonds. The minimum atomic E-state index is -0.359. The first-order chi connectivity index (χ1) is 8.56. The maximum absolute atomic E-state index is 10.8. The topological polar surface area (TPSA) is 55.2 Å². The summed E-state index contributed by atoms with van der Waals surface area (Å²) in [5, 5.41) is 14.2. The van der Waals surface area contributed by atoms with Gasteiger partial charge in [0.05, 0.1) is 9.40 Å². The van der Waals surface area contributed by atoms with Crippen molar-refractivity contribution in [1.82, 2.24) is 5.32 Å². The van der Waals surface area contributed by atoms with E-state index in [4.69, 9.17) is 0 Å². The van der Waals surface area contributed by atoms with Crippen LogP contribution in [0.15, 0.2) is 22.7 Å². The van der Waals surface area contributed by atoms with Gasteiger partial charge in [0, 0.05) is 19.2 Å². The molecular formula is C13H17BrN2O2. The molecule has 18 heavy (non-hydrogen) atoms. The lowest BCUT2D eigenvalue weighted by Crippen LogP contribution is -2.23. The van der Waals surface area contributed by atoms with E-state index in [0.29, 0.717) is 16.4 Å². The Morgan fingerprint density at radius 2 is 2.22 bits per heavy atom. The fourth-order valence-electron chi connectivity index (χ4n) is 2.11. The summed E-state index contributed by atoms with van der Waals surface area (Å²) in [6, 6.07) is 5.28. The van der Waals surface area contributed by atoms with Crippen LogP contribution in [-0.4, -0.2) is 11.5 Å². The lowest BCUT2D eigenvalue weighted by atomic mass is 10.0. The van der Waals surface area contributed by atoms with Gasteiger partial charge in [0.25, 0.3) is 5.69 Å². The number of halogens is 1. The summed E-state index contributed by atoms with van der Waals surface area (Å²) < 4.78 is 0.531. The van der Waals surface area contributed by atoms with E-state index in [-0.39, 0.29) is 10.6 Å². The molecule has 0 saturated heterocycles. The standard InChI is InChI=1S/C13H17BrN2O2/c1-2-13(5-6-13)9-15-8-10-3-4-11(14)12(7-10)16(17)18/h3-4,7,15H,2,5-6,8-9H2,1H3. The summed E-state index contributed by atoms with van der Waals surface area (Å²) in [7, 11) is 0. The second-order valence-corrected chi connectivity index (χ2v) is 5.85. The molecular weight excluding hydrogens is 296 g/mol. The molecule has 98 valence electrons. The molecule has 0 aliphatic heterocycles. The van der Waals surface area contributed by atoms with Crippen molar-refractivity contribution < 1.29 is 4.92 Å². The van der Waals surface area contributed by atoms with Crippen LogP contribution < -0.4 is 5.32 Å². The smallest absolute Gasteiger partial charge is 0.283 e. The van der Waals surface area contributed by atoms with Crippen molar-refractivity contribution in [2.45, 2.75) is 32.7 Å². The quantitative estimate of drug-likeness (QED) is 0.644. The van der Waals surface area contributed by atoms with Crippen molar-refractivity contribution in [2.24, 2.45) is 5.41 Å². The molecule has 2 rings (SSSR count). The van der Waals surface area contributed by atoms with Gasteiger partial charge in [0.2, 0.25) is 0 Å². The van der Waals surface area contributed by atoms with E-state index in [1.54, 1.807) is 12.1 Å². The summed E-state index contributed by atoms with van der Waals surface area (Å²) in [6.45, 7) is 3.92. The molecule has 4 nitrogen and oxygen atoms in total. The molecule has 1 N–H and O–H groups in total. The first kappa shape index (κ1) is 13.5. The molecule has 0 aromatic heterocycles. The highest BCUT2D eigenvalue weighted by Crippen LogP contribution is 2.47. The Kier molecular flexibility index (Phi) is 4.02. The zero-order valence-electron chi connectivity index (χ0n) is 10.4. The molecule has 5 heteroatoms. The first-order valence-corrected chi connectivity index (χ1v) is 6.99. The Morgan fingerprint density at radius 1 is 1.50 bits per heavy atom. The van der Waals surface area contributed by atoms with Crippen molar-refractivity contribution in [3.05, 3.63) is 38.3 Å². The number of nitro groups is 1. The van der Waals surface area contributed by atoms with E-state index in [2.05, 4.69) is 28.2 Å². The van der Waals surface area contributed by atoms with E-state index in [1.165, 1.54) is 19.3 Å². The molecule has 0 radical (unpaired) electrons. The number of hydrogen-bond acceptors (Lipinski definition) is 3. The summed E-state index contributed by atoms with van der Waals surface area (Å²) in [6.07, 6.45) is 3.81. The Balaban J connectivity index is 1.93. The Bertz CT molecular complexity index is 458. The number of nitrogens with one attached hydrogen (secondary N) is 1. The summed E-state index contributed by atoms with van der Waals surface area (Å²) in [4.78, 5) is 10.5. The van der Waals surface area contributed by atoms with Gasteiger partial charge in [-0.2, -0.15) is 0 Å². The van der Waals surface area contributed by atoms with Crippen LogP contribution in [0, 0.1) is 15.5 Å². The fraction of sp³-hybridized carbons (Fsp3) is 0.538. The van der Waals surface area contributed by atoms with E-state index in [1.807, 2.05) is 6.07 Å². The predicted molar refractivity (Wildman–Crippen MR) is 74.5 cm³/mol. The minimum absolute atomic E-state index is 0.130. The molecule has 0 spiro atoms. The van der Waals surface area contributed by atoms with Crippen LogP contribution in [0.3, 0.4) is 0 Å². The molecule has 1 aromatic rings. The largest absolute Gasteiger partial charge is 0.312 e. The Hall–Kier alpha value is -0.940. The highest BCUT2D eigenvalue weighted by Gasteiger charge is 2.39. The monoisotopic (exact) mass is 312 g/mol. The predicted octanol–water partition coefficient (Wildman–Crippen LogP) is 3.64. The molecule has 1 saturated carbocycles. The van der Waals surface area contributed by atoms with Crippen LogP contribution in [0.5, 0.6) is 0 Å². The minimum Gasteiger partial charge on any atom is -0.312 e. The van der Waals surface area contributed by atoms with E-state index in [9.17, 15) is 10.1 Å². The molecule has 0 bridgehead atoms. The highest BCUT2D eigenvalue weighted by molar-refractivity contribution is 9.10. The van der Waals surface area contributed by atoms with Crippen LogP contribution in [0.1, 0.15) is 31.7 Å². The van der Waals surface area contributed by atoms with Crippen molar-refractivity contribution >= 4 is 21.6 Å². The first-order valence-electron chi connectivity index (χ1n) is 6.20. The lowest BCUT2D eigenvalue weighted by molar-refractivity contribution is -0.385. The summed E-state index contributed by atoms with van der Waals surface area (Å²) in [5.74, 6) is 0. The van der Waals surface area contributed by atoms with Gasteiger partial charge in [-0.1, -0.05) is 13.0 Å². The maximum atomic E-state index is 10.8. The molecule has 1 aliphatic rings. The van der Waals surface area contributed by atoms with Gasteiger partial charge in [-0.3, -0.25) is 10.1 Å². The maximum Gasteiger partial charge on any atom is 0.283 e. The number of nitrogens with zero attached hydrogens (tertiary/aromatic N) is 1. The van der Waals surface area contributed by atoms with Gasteiger partial charge in [-0.05, 0) is 52.2 Å². The molecule has 0 unspecified atom stereocenters. The van der Waals surface area contributed by atoms with Gasteiger partial charge < -0.3 is 5.32 Å². The van der Waals surface area contributed by atoms with Gasteiger partial charge in [0.1, 0.15) is 0 Å². The fourth-order valence-corrected chi connectivity index (χ4v) is 2.50. The van der Waals surface area contributed by atoms with Crippen LogP contribution >= 0.6 is 15.9 Å². The molecule has 1 aromatic carbocycles. The van der Waals surface area contributed by atoms with Crippen molar-refractivity contribution in [1.29, 1.82) is 0 Å². The van der Waals surface area contributed by atoms with E-state index < -0.39 is 0 Å². The molecule has 1 aliphatic carbocycles. The van der Waals surface area contributed by atoms with Crippen LogP contribution in [0.4, 0.5) is 5.69 Å². The SMILES string of the molecule is CCC1(CNCc2ccc(Br)c([N+](=O)[O-])c2)CC1. The second kappa shape index (κ2) is 5.36. The molecule has 0 atom stereocenters. The summed E-state index contributed by atoms with van der Waals surface area (Å²) in [5.41, 5.74) is 1.59. The third kappa shape index (κ3) is 3.09. The molecule has 1 fully saturated rings. The lowest BCUT2D eigenvalue weighted by Gasteiger charge is -2.13. The van der Waals surface area contributed by atoms with Gasteiger partial charge in [0.15, 0.2) is 0 Å². The van der Waals surface area contributed by atoms with Crippen molar-refractivity contribution in [2.75, 3.05) is 6.54 Å². The van der Waals surface area contributed by atoms with Gasteiger partial charge in [-0.25, -0.2) is 0 Å². The third-order valence-electron chi connectivity index (χ3n) is 3.74. The van der Waals surface area contributed by atoms with Crippen molar-refractivity contribution in [3.63, 3.8) is 0 Å². The number of rotatable bonds is 6. The Labute approximate surface area is 115 Å². The summed E-state index contributed by atoms with van der Waals surface area (Å²) >= 11 is 3.19. The normalized spacial score (nSPS) is 16.6. The Morgan fingerprint density at radius 3 is 2.78 bits per heavy atom.